The zero-order valence-electron chi connectivity index (χ0n) is 13.2. The lowest BCUT2D eigenvalue weighted by molar-refractivity contribution is -0.165. The summed E-state index contributed by atoms with van der Waals surface area (Å²) in [5.74, 6) is -1.25. The van der Waals surface area contributed by atoms with Crippen molar-refractivity contribution in [3.05, 3.63) is 17.5 Å². The van der Waals surface area contributed by atoms with E-state index in [1.54, 1.807) is 4.90 Å². The van der Waals surface area contributed by atoms with Crippen molar-refractivity contribution < 1.29 is 19.8 Å². The first kappa shape index (κ1) is 16.5. The fraction of sp³-hybridized carbons (Fsp3) is 0.667. The number of aromatic nitrogens is 2. The lowest BCUT2D eigenvalue weighted by Gasteiger charge is -2.35. The topological polar surface area (TPSA) is 95.7 Å². The Morgan fingerprint density at radius 1 is 1.36 bits per heavy atom. The molecule has 1 amide bonds. The van der Waals surface area contributed by atoms with Crippen LogP contribution >= 0.6 is 0 Å². The third-order valence-corrected chi connectivity index (χ3v) is 4.27. The van der Waals surface area contributed by atoms with Crippen LogP contribution in [0.3, 0.4) is 0 Å². The number of aliphatic carboxylic acids is 1. The zero-order chi connectivity index (χ0) is 16.5. The van der Waals surface area contributed by atoms with Gasteiger partial charge in [0.2, 0.25) is 5.91 Å². The maximum Gasteiger partial charge on any atom is 0.335 e. The molecule has 1 saturated heterocycles. The number of carbonyl (C=O) groups excluding carboxylic acids is 1. The minimum atomic E-state index is -1.70. The van der Waals surface area contributed by atoms with Crippen LogP contribution in [-0.2, 0) is 9.59 Å². The highest BCUT2D eigenvalue weighted by molar-refractivity contribution is 5.79. The van der Waals surface area contributed by atoms with E-state index >= 15 is 0 Å². The second-order valence-corrected chi connectivity index (χ2v) is 6.14. The highest BCUT2D eigenvalue weighted by Gasteiger charge is 2.40. The average molecular weight is 309 g/mol. The Morgan fingerprint density at radius 2 is 1.95 bits per heavy atom. The van der Waals surface area contributed by atoms with Gasteiger partial charge >= 0.3 is 5.97 Å². The van der Waals surface area contributed by atoms with E-state index in [4.69, 9.17) is 5.11 Å². The van der Waals surface area contributed by atoms with E-state index in [2.05, 4.69) is 5.10 Å². The lowest BCUT2D eigenvalue weighted by Crippen LogP contribution is -2.51. The Hall–Kier alpha value is -1.89. The monoisotopic (exact) mass is 309 g/mol. The Kier molecular flexibility index (Phi) is 4.55. The first-order valence-corrected chi connectivity index (χ1v) is 7.49. The summed E-state index contributed by atoms with van der Waals surface area (Å²) in [6.45, 7) is 6.34. The Bertz CT molecular complexity index is 573. The molecule has 1 aliphatic rings. The molecule has 7 heteroatoms. The largest absolute Gasteiger partial charge is 0.479 e. The van der Waals surface area contributed by atoms with Crippen molar-refractivity contribution in [1.29, 1.82) is 0 Å². The number of likely N-dealkylation sites (tertiary alicyclic amines) is 1. The van der Waals surface area contributed by atoms with Gasteiger partial charge in [0.15, 0.2) is 5.60 Å². The molecule has 2 heterocycles. The molecule has 0 aromatic carbocycles. The van der Waals surface area contributed by atoms with Gasteiger partial charge in [-0.2, -0.15) is 5.10 Å². The Labute approximate surface area is 129 Å². The molecule has 0 radical (unpaired) electrons. The average Bonchev–Trinajstić information content (AvgIpc) is 2.78. The summed E-state index contributed by atoms with van der Waals surface area (Å²) >= 11 is 0. The predicted octanol–water partition coefficient (Wildman–Crippen LogP) is 0.889. The van der Waals surface area contributed by atoms with E-state index in [1.807, 2.05) is 31.5 Å². The minimum absolute atomic E-state index is 0.0347. The van der Waals surface area contributed by atoms with Crippen LogP contribution in [0.25, 0.3) is 0 Å². The molecule has 22 heavy (non-hydrogen) atoms. The maximum atomic E-state index is 12.3. The van der Waals surface area contributed by atoms with Gasteiger partial charge in [0.05, 0.1) is 11.7 Å². The molecule has 1 unspecified atom stereocenters. The van der Waals surface area contributed by atoms with Crippen LogP contribution in [0.1, 0.15) is 43.6 Å². The molecule has 2 rings (SSSR count). The molecule has 0 saturated carbocycles. The number of hydrogen-bond donors (Lipinski definition) is 2. The number of carbonyl (C=O) groups is 2. The van der Waals surface area contributed by atoms with Crippen molar-refractivity contribution in [1.82, 2.24) is 14.7 Å². The van der Waals surface area contributed by atoms with Crippen LogP contribution in [0.15, 0.2) is 6.07 Å². The Morgan fingerprint density at radius 3 is 2.41 bits per heavy atom. The molecule has 1 aromatic heterocycles. The van der Waals surface area contributed by atoms with Gasteiger partial charge in [-0.3, -0.25) is 9.48 Å². The van der Waals surface area contributed by atoms with Crippen LogP contribution in [-0.4, -0.2) is 55.5 Å². The zero-order valence-corrected chi connectivity index (χ0v) is 13.2. The summed E-state index contributed by atoms with van der Waals surface area (Å²) < 4.78 is 1.84. The van der Waals surface area contributed by atoms with Gasteiger partial charge in [-0.25, -0.2) is 4.79 Å². The first-order chi connectivity index (χ1) is 10.2. The lowest BCUT2D eigenvalue weighted by atomic mass is 9.91. The van der Waals surface area contributed by atoms with Gasteiger partial charge in [-0.1, -0.05) is 0 Å². The van der Waals surface area contributed by atoms with Crippen molar-refractivity contribution in [3.63, 3.8) is 0 Å². The van der Waals surface area contributed by atoms with Gasteiger partial charge < -0.3 is 15.1 Å². The standard InChI is InChI=1S/C15H23N3O4/c1-10-8-11(2)18(16-10)12(3)9-13(19)17-6-4-15(22,5-7-17)14(20)21/h8,12,22H,4-7,9H2,1-3H3,(H,20,21). The van der Waals surface area contributed by atoms with Crippen molar-refractivity contribution in [2.45, 2.75) is 51.7 Å². The number of aryl methyl sites for hydroxylation is 2. The molecule has 122 valence electrons. The molecule has 1 aliphatic heterocycles. The number of aliphatic hydroxyl groups is 1. The molecule has 2 N–H and O–H groups in total. The normalized spacial score (nSPS) is 19.0. The second-order valence-electron chi connectivity index (χ2n) is 6.14. The van der Waals surface area contributed by atoms with Crippen LogP contribution in [0.2, 0.25) is 0 Å². The molecule has 0 aliphatic carbocycles. The van der Waals surface area contributed by atoms with Crippen molar-refractivity contribution in [2.75, 3.05) is 13.1 Å². The summed E-state index contributed by atoms with van der Waals surface area (Å²) in [6.07, 6.45) is 0.457. The van der Waals surface area contributed by atoms with Crippen molar-refractivity contribution >= 4 is 11.9 Å². The highest BCUT2D eigenvalue weighted by atomic mass is 16.4. The van der Waals surface area contributed by atoms with Crippen molar-refractivity contribution in [2.24, 2.45) is 0 Å². The summed E-state index contributed by atoms with van der Waals surface area (Å²) in [6, 6.07) is 1.91. The number of amides is 1. The molecular formula is C15H23N3O4. The molecular weight excluding hydrogens is 286 g/mol. The number of nitrogens with zero attached hydrogens (tertiary/aromatic N) is 3. The molecule has 1 fully saturated rings. The number of carboxylic acids is 1. The molecule has 7 nitrogen and oxygen atoms in total. The maximum absolute atomic E-state index is 12.3. The van der Waals surface area contributed by atoms with Crippen LogP contribution in [0, 0.1) is 13.8 Å². The fourth-order valence-electron chi connectivity index (χ4n) is 2.90. The van der Waals surface area contributed by atoms with E-state index in [9.17, 15) is 14.7 Å². The summed E-state index contributed by atoms with van der Waals surface area (Å²) in [5, 5.41) is 23.3. The highest BCUT2D eigenvalue weighted by Crippen LogP contribution is 2.24. The molecule has 1 aromatic rings. The van der Waals surface area contributed by atoms with Crippen LogP contribution in [0.5, 0.6) is 0 Å². The molecule has 1 atom stereocenters. The Balaban J connectivity index is 1.94. The van der Waals surface area contributed by atoms with Gasteiger partial charge in [0, 0.05) is 38.0 Å². The summed E-state index contributed by atoms with van der Waals surface area (Å²) in [5.41, 5.74) is 0.232. The smallest absolute Gasteiger partial charge is 0.335 e. The van der Waals surface area contributed by atoms with E-state index in [1.165, 1.54) is 0 Å². The van der Waals surface area contributed by atoms with Crippen molar-refractivity contribution in [3.8, 4) is 0 Å². The minimum Gasteiger partial charge on any atom is -0.479 e. The second kappa shape index (κ2) is 6.08. The van der Waals surface area contributed by atoms with Crippen LogP contribution in [0.4, 0.5) is 0 Å². The number of hydrogen-bond acceptors (Lipinski definition) is 4. The third kappa shape index (κ3) is 3.30. The quantitative estimate of drug-likeness (QED) is 0.861. The summed E-state index contributed by atoms with van der Waals surface area (Å²) in [7, 11) is 0. The number of rotatable bonds is 4. The predicted molar refractivity (Wildman–Crippen MR) is 79.4 cm³/mol. The SMILES string of the molecule is Cc1cc(C)n(C(C)CC(=O)N2CCC(O)(C(=O)O)CC2)n1. The van der Waals surface area contributed by atoms with E-state index in [0.29, 0.717) is 6.42 Å². The van der Waals surface area contributed by atoms with E-state index in [0.717, 1.165) is 11.4 Å². The van der Waals surface area contributed by atoms with E-state index in [-0.39, 0.29) is 37.9 Å². The molecule has 0 bridgehead atoms. The van der Waals surface area contributed by atoms with Gasteiger partial charge in [-0.15, -0.1) is 0 Å². The van der Waals surface area contributed by atoms with Gasteiger partial charge in [0.1, 0.15) is 0 Å². The summed E-state index contributed by atoms with van der Waals surface area (Å²) in [4.78, 5) is 25.0. The first-order valence-electron chi connectivity index (χ1n) is 7.49. The van der Waals surface area contributed by atoms with Gasteiger partial charge in [-0.05, 0) is 26.8 Å². The molecule has 0 spiro atoms. The van der Waals surface area contributed by atoms with Gasteiger partial charge in [0.25, 0.3) is 0 Å². The van der Waals surface area contributed by atoms with Crippen LogP contribution < -0.4 is 0 Å². The number of piperidine rings is 1. The fourth-order valence-corrected chi connectivity index (χ4v) is 2.90. The third-order valence-electron chi connectivity index (χ3n) is 4.27. The van der Waals surface area contributed by atoms with E-state index < -0.39 is 11.6 Å². The number of carboxylic acid groups (broad SMARTS) is 1.